The zero-order chi connectivity index (χ0) is 51.8. The van der Waals surface area contributed by atoms with Gasteiger partial charge in [0.05, 0.1) is 54.7 Å². The van der Waals surface area contributed by atoms with Crippen LogP contribution in [-0.2, 0) is 66.6 Å². The third-order valence-electron chi connectivity index (χ3n) is 14.6. The van der Waals surface area contributed by atoms with Crippen LogP contribution in [0.2, 0.25) is 0 Å². The number of hydrogen-bond acceptors (Lipinski definition) is 19. The van der Waals surface area contributed by atoms with E-state index in [9.17, 15) is 24.9 Å². The van der Waals surface area contributed by atoms with Crippen LogP contribution in [0.15, 0.2) is 5.16 Å². The molecule has 0 radical (unpaired) electrons. The van der Waals surface area contributed by atoms with Crippen molar-refractivity contribution in [3.05, 3.63) is 0 Å². The lowest BCUT2D eigenvalue weighted by Gasteiger charge is -2.44. The number of aliphatic hydroxyl groups excluding tert-OH is 2. The maximum atomic E-state index is 15.1. The molecule has 3 N–H and O–H groups in total. The second-order valence-electron chi connectivity index (χ2n) is 21.3. The Balaban J connectivity index is 1.88. The maximum absolute atomic E-state index is 15.1. The van der Waals surface area contributed by atoms with Gasteiger partial charge in [-0.15, -0.1) is 0 Å². The quantitative estimate of drug-likeness (QED) is 0.163. The fourth-order valence-corrected chi connectivity index (χ4v) is 10.7. The van der Waals surface area contributed by atoms with Gasteiger partial charge in [-0.25, -0.2) is 0 Å². The number of ether oxygens (including phenoxy) is 10. The Hall–Kier alpha value is -2.40. The van der Waals surface area contributed by atoms with E-state index in [1.165, 1.54) is 28.3 Å². The molecule has 400 valence electrons. The topological polar surface area (TPSA) is 229 Å². The highest BCUT2D eigenvalue weighted by Gasteiger charge is 2.51. The van der Waals surface area contributed by atoms with E-state index in [0.717, 1.165) is 0 Å². The van der Waals surface area contributed by atoms with Crippen LogP contribution in [0.3, 0.4) is 0 Å². The number of carbonyl (C=O) groups is 3. The Morgan fingerprint density at radius 2 is 1.48 bits per heavy atom. The highest BCUT2D eigenvalue weighted by molar-refractivity contribution is 5.90. The van der Waals surface area contributed by atoms with Crippen molar-refractivity contribution in [3.63, 3.8) is 0 Å². The number of cyclic esters (lactones) is 1. The molecule has 0 bridgehead atoms. The van der Waals surface area contributed by atoms with Crippen LogP contribution < -0.4 is 0 Å². The van der Waals surface area contributed by atoms with Crippen molar-refractivity contribution in [3.8, 4) is 0 Å². The Bertz CT molecular complexity index is 1670. The third kappa shape index (κ3) is 15.1. The van der Waals surface area contributed by atoms with Crippen LogP contribution in [0.5, 0.6) is 0 Å². The zero-order valence-electron chi connectivity index (χ0n) is 44.4. The number of aliphatic hydroxyl groups is 3. The number of nitrogens with zero attached hydrogens (tertiary/aromatic N) is 2. The van der Waals surface area contributed by atoms with E-state index >= 15 is 4.79 Å². The van der Waals surface area contributed by atoms with Crippen LogP contribution in [0, 0.1) is 41.4 Å². The van der Waals surface area contributed by atoms with Crippen LogP contribution in [0.4, 0.5) is 0 Å². The molecule has 4 aliphatic rings. The van der Waals surface area contributed by atoms with Crippen molar-refractivity contribution < 1.29 is 81.9 Å². The standard InChI is InChI=1S/C50H88N2O17/c1-24(2)18-36(53)66-42-31(9)41(26(4)23-62-49-45(60-16)44(59-15)38(54)34(12)65-49)68-47(57)33(11)43(67-37-19-27(5)52(14)22-29(7)63-37)30(8)40(25(3)21-50(13,58)46(56)32(42)10)69-48-39(55)35(51-61-17)20-28(6)64-48/h24-34,37-45,48-49,54-55,58H,18-23H2,1-17H3/t25-,26?,27-,28+,29-,30+,31-,32+,33+,34+,37-,38+,39+,40-,41+,42+,43-,44+,45+,48-,49+,50-/m0/s1. The second-order valence-corrected chi connectivity index (χ2v) is 21.3. The smallest absolute Gasteiger partial charge is 0.311 e. The van der Waals surface area contributed by atoms with Gasteiger partial charge in [0.1, 0.15) is 49.3 Å². The van der Waals surface area contributed by atoms with E-state index in [4.69, 9.17) is 52.2 Å². The van der Waals surface area contributed by atoms with Crippen molar-refractivity contribution in [2.24, 2.45) is 46.6 Å². The molecule has 0 aliphatic carbocycles. The van der Waals surface area contributed by atoms with Gasteiger partial charge >= 0.3 is 11.9 Å². The molecule has 4 aliphatic heterocycles. The molecule has 19 heteroatoms. The van der Waals surface area contributed by atoms with Gasteiger partial charge in [-0.3, -0.25) is 14.4 Å². The number of likely N-dealkylation sites (N-methyl/N-ethyl adjacent to an activating group) is 1. The van der Waals surface area contributed by atoms with Crippen LogP contribution in [-0.4, -0.2) is 183 Å². The largest absolute Gasteiger partial charge is 0.461 e. The summed E-state index contributed by atoms with van der Waals surface area (Å²) in [6.45, 7) is 23.9. The van der Waals surface area contributed by atoms with Gasteiger partial charge < -0.3 is 72.4 Å². The molecule has 4 rings (SSSR count). The minimum absolute atomic E-state index is 0.0496. The molecule has 1 unspecified atom stereocenters. The van der Waals surface area contributed by atoms with Gasteiger partial charge in [0.2, 0.25) is 0 Å². The van der Waals surface area contributed by atoms with E-state index in [1.807, 2.05) is 55.5 Å². The number of rotatable bonds is 14. The minimum atomic E-state index is -2.01. The number of oxime groups is 1. The molecule has 22 atom stereocenters. The predicted molar refractivity (Wildman–Crippen MR) is 253 cm³/mol. The van der Waals surface area contributed by atoms with Gasteiger partial charge in [0, 0.05) is 63.8 Å². The van der Waals surface area contributed by atoms with E-state index in [-0.39, 0.29) is 43.9 Å². The first-order chi connectivity index (χ1) is 32.3. The summed E-state index contributed by atoms with van der Waals surface area (Å²) in [5, 5.41) is 38.8. The lowest BCUT2D eigenvalue weighted by atomic mass is 9.74. The number of methoxy groups -OCH3 is 2. The summed E-state index contributed by atoms with van der Waals surface area (Å²) in [7, 11) is 6.33. The second kappa shape index (κ2) is 26.0. The SMILES string of the molecule is CON=C1C[C@@H](C)O[C@@H](O[C@@H]2[C@@H](C)[C@H](O[C@H]3C[C@H](C)N(C)C[C@H](C)O3)[C@@H](C)C(=O)O[C@H](C(C)CO[C@@H]3O[C@H](C)[C@@H](O)[C@@H](OC)[C@H]3OC)[C@H](C)[C@@H](OC(=O)CC(C)C)[C@@H](C)C(=O)[C@@](C)(O)C[C@@H]2C)[C@@H]1O. The van der Waals surface area contributed by atoms with Crippen molar-refractivity contribution in [1.82, 2.24) is 4.90 Å². The van der Waals surface area contributed by atoms with Gasteiger partial charge in [-0.1, -0.05) is 53.6 Å². The summed E-state index contributed by atoms with van der Waals surface area (Å²) in [6.07, 6.45) is -11.8. The molecule has 4 saturated heterocycles. The van der Waals surface area contributed by atoms with E-state index in [1.54, 1.807) is 27.7 Å². The average Bonchev–Trinajstić information content (AvgIpc) is 3.39. The molecule has 0 aromatic heterocycles. The van der Waals surface area contributed by atoms with Crippen LogP contribution in [0.1, 0.15) is 116 Å². The summed E-state index contributed by atoms with van der Waals surface area (Å²) in [4.78, 5) is 50.9. The molecular weight excluding hydrogens is 901 g/mol. The Morgan fingerprint density at radius 1 is 0.826 bits per heavy atom. The lowest BCUT2D eigenvalue weighted by molar-refractivity contribution is -0.305. The van der Waals surface area contributed by atoms with Gasteiger partial charge in [-0.05, 0) is 66.8 Å². The molecule has 0 amide bonds. The highest BCUT2D eigenvalue weighted by Crippen LogP contribution is 2.39. The Kier molecular flexibility index (Phi) is 22.3. The van der Waals surface area contributed by atoms with Crippen molar-refractivity contribution >= 4 is 23.4 Å². The first-order valence-corrected chi connectivity index (χ1v) is 25.0. The van der Waals surface area contributed by atoms with Gasteiger partial charge in [-0.2, -0.15) is 0 Å². The highest BCUT2D eigenvalue weighted by atomic mass is 16.7. The summed E-state index contributed by atoms with van der Waals surface area (Å²) < 4.78 is 63.1. The molecule has 0 saturated carbocycles. The minimum Gasteiger partial charge on any atom is -0.461 e. The van der Waals surface area contributed by atoms with Gasteiger partial charge in [0.15, 0.2) is 24.7 Å². The van der Waals surface area contributed by atoms with Crippen LogP contribution >= 0.6 is 0 Å². The van der Waals surface area contributed by atoms with Crippen molar-refractivity contribution in [2.45, 2.75) is 213 Å². The first kappa shape index (κ1) is 59.2. The summed E-state index contributed by atoms with van der Waals surface area (Å²) in [6, 6.07) is 0.0496. The zero-order valence-corrected chi connectivity index (χ0v) is 44.4. The van der Waals surface area contributed by atoms with E-state index in [0.29, 0.717) is 18.7 Å². The Morgan fingerprint density at radius 3 is 2.09 bits per heavy atom. The van der Waals surface area contributed by atoms with Gasteiger partial charge in [0.25, 0.3) is 0 Å². The number of ketones is 1. The number of esters is 2. The maximum Gasteiger partial charge on any atom is 0.311 e. The fourth-order valence-electron chi connectivity index (χ4n) is 10.7. The van der Waals surface area contributed by atoms with Crippen LogP contribution in [0.25, 0.3) is 0 Å². The van der Waals surface area contributed by atoms with E-state index in [2.05, 4.69) is 17.0 Å². The molecule has 0 aromatic rings. The molecule has 19 nitrogen and oxygen atoms in total. The monoisotopic (exact) mass is 989 g/mol. The van der Waals surface area contributed by atoms with Crippen molar-refractivity contribution in [2.75, 3.05) is 41.5 Å². The third-order valence-corrected chi connectivity index (χ3v) is 14.6. The molecular formula is C50H88N2O17. The molecule has 4 fully saturated rings. The molecule has 0 spiro atoms. The molecule has 0 aromatic carbocycles. The average molecular weight is 989 g/mol. The van der Waals surface area contributed by atoms with Crippen molar-refractivity contribution in [1.29, 1.82) is 0 Å². The number of hydrogen-bond donors (Lipinski definition) is 3. The summed E-state index contributed by atoms with van der Waals surface area (Å²) in [5.41, 5.74) is -1.69. The summed E-state index contributed by atoms with van der Waals surface area (Å²) >= 11 is 0. The lowest BCUT2D eigenvalue weighted by Crippen LogP contribution is -2.59. The normalized spacial score (nSPS) is 43.7. The number of Topliss-reactive ketones (excluding diaryl/α,β-unsaturated/α-hetero) is 1. The summed E-state index contributed by atoms with van der Waals surface area (Å²) in [5.74, 6) is -6.83. The number of carbonyl (C=O) groups excluding carboxylic acids is 3. The Labute approximate surface area is 410 Å². The fraction of sp³-hybridized carbons (Fsp3) is 0.920. The molecule has 69 heavy (non-hydrogen) atoms. The molecule has 4 heterocycles. The first-order valence-electron chi connectivity index (χ1n) is 25.0. The predicted octanol–water partition coefficient (Wildman–Crippen LogP) is 4.27. The van der Waals surface area contributed by atoms with E-state index < -0.39 is 139 Å².